The predicted octanol–water partition coefficient (Wildman–Crippen LogP) is 0.917. The van der Waals surface area contributed by atoms with Crippen LogP contribution in [0.15, 0.2) is 18.3 Å². The molecule has 2 N–H and O–H groups in total. The molecule has 6 nitrogen and oxygen atoms in total. The van der Waals surface area contributed by atoms with Crippen LogP contribution in [0.2, 0.25) is 0 Å². The molecule has 0 bridgehead atoms. The van der Waals surface area contributed by atoms with Crippen LogP contribution >= 0.6 is 0 Å². The van der Waals surface area contributed by atoms with E-state index in [1.54, 1.807) is 6.07 Å². The van der Waals surface area contributed by atoms with Crippen LogP contribution in [0.1, 0.15) is 12.8 Å². The molecule has 0 spiro atoms. The summed E-state index contributed by atoms with van der Waals surface area (Å²) in [5, 5.41) is 10.5. The van der Waals surface area contributed by atoms with Crippen molar-refractivity contribution in [2.45, 2.75) is 18.9 Å². The molecule has 1 saturated heterocycles. The Bertz CT molecular complexity index is 379. The average molecular weight is 222 g/mol. The van der Waals surface area contributed by atoms with E-state index in [2.05, 4.69) is 9.88 Å². The average Bonchev–Trinajstić information content (AvgIpc) is 2.77. The van der Waals surface area contributed by atoms with Gasteiger partial charge in [0.05, 0.1) is 4.92 Å². The lowest BCUT2D eigenvalue weighted by atomic mass is 10.2. The quantitative estimate of drug-likeness (QED) is 0.607. The zero-order valence-corrected chi connectivity index (χ0v) is 8.87. The van der Waals surface area contributed by atoms with Crippen molar-refractivity contribution in [2.75, 3.05) is 18.0 Å². The second-order valence-electron chi connectivity index (χ2n) is 3.86. The highest BCUT2D eigenvalue weighted by atomic mass is 16.6. The zero-order chi connectivity index (χ0) is 11.5. The number of rotatable bonds is 3. The van der Waals surface area contributed by atoms with Crippen LogP contribution < -0.4 is 10.6 Å². The lowest BCUT2D eigenvalue weighted by Crippen LogP contribution is -2.35. The normalized spacial score (nSPS) is 20.1. The van der Waals surface area contributed by atoms with E-state index in [1.807, 2.05) is 0 Å². The molecule has 0 radical (unpaired) electrons. The topological polar surface area (TPSA) is 85.3 Å². The van der Waals surface area contributed by atoms with Gasteiger partial charge in [-0.15, -0.1) is 0 Å². The SMILES string of the molecule is NCC1CCCN1c1ccc([N+](=O)[O-])cn1. The molecule has 86 valence electrons. The zero-order valence-electron chi connectivity index (χ0n) is 8.87. The molecule has 2 heterocycles. The lowest BCUT2D eigenvalue weighted by Gasteiger charge is -2.24. The van der Waals surface area contributed by atoms with Gasteiger partial charge in [0.1, 0.15) is 12.0 Å². The first kappa shape index (κ1) is 10.8. The Hall–Kier alpha value is -1.69. The Balaban J connectivity index is 2.18. The van der Waals surface area contributed by atoms with Gasteiger partial charge in [0.15, 0.2) is 0 Å². The summed E-state index contributed by atoms with van der Waals surface area (Å²) >= 11 is 0. The van der Waals surface area contributed by atoms with Crippen LogP contribution in [0.25, 0.3) is 0 Å². The van der Waals surface area contributed by atoms with E-state index in [0.29, 0.717) is 12.6 Å². The largest absolute Gasteiger partial charge is 0.352 e. The highest BCUT2D eigenvalue weighted by Crippen LogP contribution is 2.24. The molecule has 0 amide bonds. The minimum absolute atomic E-state index is 0.0206. The number of pyridine rings is 1. The number of aromatic nitrogens is 1. The molecule has 16 heavy (non-hydrogen) atoms. The smallest absolute Gasteiger partial charge is 0.287 e. The fourth-order valence-electron chi connectivity index (χ4n) is 2.04. The van der Waals surface area contributed by atoms with Crippen LogP contribution in [-0.2, 0) is 0 Å². The van der Waals surface area contributed by atoms with Gasteiger partial charge < -0.3 is 10.6 Å². The first-order valence-electron chi connectivity index (χ1n) is 5.29. The molecule has 6 heteroatoms. The fraction of sp³-hybridized carbons (Fsp3) is 0.500. The second-order valence-corrected chi connectivity index (χ2v) is 3.86. The number of nitrogens with two attached hydrogens (primary N) is 1. The molecular weight excluding hydrogens is 208 g/mol. The van der Waals surface area contributed by atoms with Crippen molar-refractivity contribution in [3.05, 3.63) is 28.4 Å². The Kier molecular flexibility index (Phi) is 3.00. The maximum absolute atomic E-state index is 10.5. The molecule has 1 aliphatic rings. The van der Waals surface area contributed by atoms with Gasteiger partial charge in [-0.3, -0.25) is 10.1 Å². The van der Waals surface area contributed by atoms with Gasteiger partial charge >= 0.3 is 0 Å². The van der Waals surface area contributed by atoms with E-state index in [1.165, 1.54) is 12.3 Å². The van der Waals surface area contributed by atoms with Crippen molar-refractivity contribution in [3.8, 4) is 0 Å². The van der Waals surface area contributed by atoms with Gasteiger partial charge in [-0.05, 0) is 18.9 Å². The van der Waals surface area contributed by atoms with Gasteiger partial charge in [-0.2, -0.15) is 0 Å². The molecule has 2 rings (SSSR count). The summed E-state index contributed by atoms with van der Waals surface area (Å²) in [5.41, 5.74) is 5.68. The Morgan fingerprint density at radius 1 is 1.62 bits per heavy atom. The van der Waals surface area contributed by atoms with E-state index in [-0.39, 0.29) is 5.69 Å². The highest BCUT2D eigenvalue weighted by Gasteiger charge is 2.24. The van der Waals surface area contributed by atoms with Crippen LogP contribution in [0.3, 0.4) is 0 Å². The summed E-state index contributed by atoms with van der Waals surface area (Å²) in [7, 11) is 0. The Labute approximate surface area is 93.2 Å². The molecule has 1 unspecified atom stereocenters. The molecule has 0 saturated carbocycles. The van der Waals surface area contributed by atoms with E-state index in [0.717, 1.165) is 25.2 Å². The third kappa shape index (κ3) is 1.96. The summed E-state index contributed by atoms with van der Waals surface area (Å²) in [4.78, 5) is 16.3. The van der Waals surface area contributed by atoms with E-state index >= 15 is 0 Å². The van der Waals surface area contributed by atoms with E-state index < -0.39 is 4.92 Å². The van der Waals surface area contributed by atoms with Crippen molar-refractivity contribution in [1.29, 1.82) is 0 Å². The van der Waals surface area contributed by atoms with Crippen LogP contribution in [0, 0.1) is 10.1 Å². The third-order valence-electron chi connectivity index (χ3n) is 2.89. The number of hydrogen-bond donors (Lipinski definition) is 1. The number of anilines is 1. The second kappa shape index (κ2) is 4.44. The minimum Gasteiger partial charge on any atom is -0.352 e. The van der Waals surface area contributed by atoms with Gasteiger partial charge in [-0.25, -0.2) is 4.98 Å². The standard InChI is InChI=1S/C10H14N4O2/c11-6-8-2-1-5-13(8)10-4-3-9(7-12-10)14(15)16/h3-4,7-8H,1-2,5-6,11H2. The molecule has 1 aromatic heterocycles. The number of nitrogens with zero attached hydrogens (tertiary/aromatic N) is 3. The predicted molar refractivity (Wildman–Crippen MR) is 60.3 cm³/mol. The molecule has 0 aliphatic carbocycles. The number of nitro groups is 1. The summed E-state index contributed by atoms with van der Waals surface area (Å²) in [6.07, 6.45) is 3.46. The fourth-order valence-corrected chi connectivity index (χ4v) is 2.04. The molecular formula is C10H14N4O2. The molecule has 1 aliphatic heterocycles. The van der Waals surface area contributed by atoms with Gasteiger partial charge in [-0.1, -0.05) is 0 Å². The summed E-state index contributed by atoms with van der Waals surface area (Å²) in [5.74, 6) is 0.776. The van der Waals surface area contributed by atoms with Crippen molar-refractivity contribution < 1.29 is 4.92 Å². The minimum atomic E-state index is -0.443. The molecule has 1 aromatic rings. The molecule has 1 atom stereocenters. The van der Waals surface area contributed by atoms with E-state index in [9.17, 15) is 10.1 Å². The summed E-state index contributed by atoms with van der Waals surface area (Å²) in [6, 6.07) is 3.48. The van der Waals surface area contributed by atoms with Crippen molar-refractivity contribution in [3.63, 3.8) is 0 Å². The molecule has 0 aromatic carbocycles. The monoisotopic (exact) mass is 222 g/mol. The maximum Gasteiger partial charge on any atom is 0.287 e. The Morgan fingerprint density at radius 2 is 2.44 bits per heavy atom. The maximum atomic E-state index is 10.5. The van der Waals surface area contributed by atoms with Crippen LogP contribution in [-0.4, -0.2) is 29.0 Å². The summed E-state index contributed by atoms with van der Waals surface area (Å²) in [6.45, 7) is 1.52. The van der Waals surface area contributed by atoms with Crippen LogP contribution in [0.4, 0.5) is 11.5 Å². The third-order valence-corrected chi connectivity index (χ3v) is 2.89. The van der Waals surface area contributed by atoms with Gasteiger partial charge in [0.2, 0.25) is 0 Å². The highest BCUT2D eigenvalue weighted by molar-refractivity contribution is 5.44. The number of hydrogen-bond acceptors (Lipinski definition) is 5. The van der Waals surface area contributed by atoms with Gasteiger partial charge in [0.25, 0.3) is 5.69 Å². The lowest BCUT2D eigenvalue weighted by molar-refractivity contribution is -0.385. The van der Waals surface area contributed by atoms with Crippen LogP contribution in [0.5, 0.6) is 0 Å². The van der Waals surface area contributed by atoms with Gasteiger partial charge in [0, 0.05) is 25.2 Å². The summed E-state index contributed by atoms with van der Waals surface area (Å²) < 4.78 is 0. The van der Waals surface area contributed by atoms with Crippen molar-refractivity contribution in [2.24, 2.45) is 5.73 Å². The van der Waals surface area contributed by atoms with E-state index in [4.69, 9.17) is 5.73 Å². The van der Waals surface area contributed by atoms with Crippen molar-refractivity contribution in [1.82, 2.24) is 4.98 Å². The molecule has 1 fully saturated rings. The first-order valence-corrected chi connectivity index (χ1v) is 5.29. The van der Waals surface area contributed by atoms with Crippen molar-refractivity contribution >= 4 is 11.5 Å². The first-order chi connectivity index (χ1) is 7.72. The Morgan fingerprint density at radius 3 is 3.00 bits per heavy atom.